The van der Waals surface area contributed by atoms with Gasteiger partial charge in [0.25, 0.3) is 15.9 Å². The van der Waals surface area contributed by atoms with Crippen molar-refractivity contribution in [3.05, 3.63) is 47.3 Å². The van der Waals surface area contributed by atoms with E-state index in [4.69, 9.17) is 0 Å². The summed E-state index contributed by atoms with van der Waals surface area (Å²) in [4.78, 5) is 15.4. The molecule has 0 spiro atoms. The lowest BCUT2D eigenvalue weighted by atomic mass is 10.2. The number of sulfonamides is 1. The van der Waals surface area contributed by atoms with Crippen LogP contribution in [0.2, 0.25) is 0 Å². The molecule has 0 saturated carbocycles. The van der Waals surface area contributed by atoms with Crippen LogP contribution in [0.1, 0.15) is 10.4 Å². The lowest BCUT2D eigenvalue weighted by Crippen LogP contribution is -2.50. The molecule has 1 aromatic carbocycles. The fourth-order valence-electron chi connectivity index (χ4n) is 2.66. The predicted octanol–water partition coefficient (Wildman–Crippen LogP) is 2.62. The Morgan fingerprint density at radius 2 is 1.79 bits per heavy atom. The average Bonchev–Trinajstić information content (AvgIpc) is 3.16. The van der Waals surface area contributed by atoms with Crippen LogP contribution in [0, 0.1) is 0 Å². The predicted molar refractivity (Wildman–Crippen MR) is 97.2 cm³/mol. The second kappa shape index (κ2) is 7.26. The fourth-order valence-corrected chi connectivity index (χ4v) is 5.82. The van der Waals surface area contributed by atoms with Crippen LogP contribution in [0.15, 0.2) is 50.9 Å². The van der Waals surface area contributed by atoms with Crippen LogP contribution in [-0.4, -0.2) is 56.0 Å². The van der Waals surface area contributed by atoms with Crippen LogP contribution < -0.4 is 0 Å². The van der Waals surface area contributed by atoms with Crippen molar-refractivity contribution in [1.82, 2.24) is 9.21 Å². The number of thiophene rings is 1. The van der Waals surface area contributed by atoms with Gasteiger partial charge in [0.1, 0.15) is 4.21 Å². The molecule has 1 aromatic heterocycles. The van der Waals surface area contributed by atoms with E-state index in [2.05, 4.69) is 0 Å². The number of piperazine rings is 1. The number of amides is 1. The van der Waals surface area contributed by atoms with E-state index in [0.29, 0.717) is 36.0 Å². The van der Waals surface area contributed by atoms with Crippen LogP contribution in [0.3, 0.4) is 0 Å². The molecule has 24 heavy (non-hydrogen) atoms. The highest BCUT2D eigenvalue weighted by Crippen LogP contribution is 2.24. The van der Waals surface area contributed by atoms with Gasteiger partial charge in [0, 0.05) is 31.1 Å². The molecular weight excluding hydrogens is 364 g/mol. The number of thioether (sulfide) groups is 1. The summed E-state index contributed by atoms with van der Waals surface area (Å²) < 4.78 is 26.9. The Morgan fingerprint density at radius 3 is 2.42 bits per heavy atom. The summed E-state index contributed by atoms with van der Waals surface area (Å²) in [6.45, 7) is 1.47. The summed E-state index contributed by atoms with van der Waals surface area (Å²) in [5, 5.41) is 1.76. The molecule has 2 heterocycles. The summed E-state index contributed by atoms with van der Waals surface area (Å²) in [6, 6.07) is 10.9. The van der Waals surface area contributed by atoms with E-state index in [9.17, 15) is 13.2 Å². The largest absolute Gasteiger partial charge is 0.336 e. The number of carbonyl (C=O) groups is 1. The second-order valence-electron chi connectivity index (χ2n) is 5.33. The first-order chi connectivity index (χ1) is 11.5. The van der Waals surface area contributed by atoms with Crippen LogP contribution in [0.4, 0.5) is 0 Å². The lowest BCUT2D eigenvalue weighted by Gasteiger charge is -2.34. The third-order valence-electron chi connectivity index (χ3n) is 3.95. The Balaban J connectivity index is 1.70. The monoisotopic (exact) mass is 382 g/mol. The van der Waals surface area contributed by atoms with Gasteiger partial charge in [-0.25, -0.2) is 8.42 Å². The normalized spacial score (nSPS) is 16.3. The fraction of sp³-hybridized carbons (Fsp3) is 0.312. The third kappa shape index (κ3) is 3.37. The van der Waals surface area contributed by atoms with Gasteiger partial charge in [-0.15, -0.1) is 23.1 Å². The molecular formula is C16H18N2O3S3. The zero-order valence-corrected chi connectivity index (χ0v) is 15.7. The van der Waals surface area contributed by atoms with Gasteiger partial charge in [0.05, 0.1) is 5.56 Å². The zero-order chi connectivity index (χ0) is 17.2. The molecule has 0 bridgehead atoms. The Morgan fingerprint density at radius 1 is 1.08 bits per heavy atom. The maximum absolute atomic E-state index is 12.7. The number of nitrogens with zero attached hydrogens (tertiary/aromatic N) is 2. The van der Waals surface area contributed by atoms with Gasteiger partial charge in [-0.2, -0.15) is 4.31 Å². The molecule has 1 saturated heterocycles. The van der Waals surface area contributed by atoms with Crippen LogP contribution in [0.25, 0.3) is 0 Å². The van der Waals surface area contributed by atoms with Crippen molar-refractivity contribution < 1.29 is 13.2 Å². The first kappa shape index (κ1) is 17.5. The Kier molecular flexibility index (Phi) is 5.29. The van der Waals surface area contributed by atoms with E-state index in [-0.39, 0.29) is 5.91 Å². The highest BCUT2D eigenvalue weighted by atomic mass is 32.2. The smallest absolute Gasteiger partial charge is 0.255 e. The molecule has 5 nitrogen and oxygen atoms in total. The van der Waals surface area contributed by atoms with Gasteiger partial charge in [-0.3, -0.25) is 4.79 Å². The van der Waals surface area contributed by atoms with Crippen molar-refractivity contribution in [1.29, 1.82) is 0 Å². The van der Waals surface area contributed by atoms with Gasteiger partial charge in [-0.05, 0) is 29.8 Å². The molecule has 1 amide bonds. The molecule has 1 aliphatic rings. The number of benzene rings is 1. The molecule has 1 aliphatic heterocycles. The SMILES string of the molecule is CSc1ccccc1C(=O)N1CCN(S(=O)(=O)c2cccs2)CC1. The molecule has 1 fully saturated rings. The maximum atomic E-state index is 12.7. The van der Waals surface area contributed by atoms with E-state index in [1.807, 2.05) is 30.5 Å². The van der Waals surface area contributed by atoms with Crippen molar-refractivity contribution in [2.45, 2.75) is 9.10 Å². The summed E-state index contributed by atoms with van der Waals surface area (Å²) in [7, 11) is -3.44. The number of hydrogen-bond acceptors (Lipinski definition) is 5. The van der Waals surface area contributed by atoms with E-state index >= 15 is 0 Å². The molecule has 0 atom stereocenters. The summed E-state index contributed by atoms with van der Waals surface area (Å²) in [5.74, 6) is -0.0341. The quantitative estimate of drug-likeness (QED) is 0.763. The summed E-state index contributed by atoms with van der Waals surface area (Å²) >= 11 is 2.76. The first-order valence-corrected chi connectivity index (χ1v) is 11.0. The number of carbonyl (C=O) groups excluding carboxylic acids is 1. The first-order valence-electron chi connectivity index (χ1n) is 7.50. The molecule has 0 unspecified atom stereocenters. The van der Waals surface area contributed by atoms with Crippen molar-refractivity contribution in [2.75, 3.05) is 32.4 Å². The number of rotatable bonds is 4. The summed E-state index contributed by atoms with van der Waals surface area (Å²) in [5.41, 5.74) is 0.680. The Labute approximate surface area is 150 Å². The highest BCUT2D eigenvalue weighted by molar-refractivity contribution is 7.98. The van der Waals surface area contributed by atoms with Gasteiger partial charge in [0.15, 0.2) is 0 Å². The molecule has 0 radical (unpaired) electrons. The topological polar surface area (TPSA) is 57.7 Å². The molecule has 0 aliphatic carbocycles. The van der Waals surface area contributed by atoms with Gasteiger partial charge in [-0.1, -0.05) is 18.2 Å². The second-order valence-corrected chi connectivity index (χ2v) is 9.29. The Hall–Kier alpha value is -1.35. The maximum Gasteiger partial charge on any atom is 0.255 e. The van der Waals surface area contributed by atoms with Crippen molar-refractivity contribution in [2.24, 2.45) is 0 Å². The number of hydrogen-bond donors (Lipinski definition) is 0. The van der Waals surface area contributed by atoms with E-state index in [1.54, 1.807) is 22.4 Å². The summed E-state index contributed by atoms with van der Waals surface area (Å²) in [6.07, 6.45) is 1.94. The molecule has 8 heteroatoms. The van der Waals surface area contributed by atoms with E-state index in [1.165, 1.54) is 27.4 Å². The van der Waals surface area contributed by atoms with E-state index < -0.39 is 10.0 Å². The van der Waals surface area contributed by atoms with Crippen LogP contribution in [-0.2, 0) is 10.0 Å². The molecule has 0 N–H and O–H groups in total. The molecule has 128 valence electrons. The molecule has 2 aromatic rings. The van der Waals surface area contributed by atoms with E-state index in [0.717, 1.165) is 4.90 Å². The standard InChI is InChI=1S/C16H18N2O3S3/c1-22-14-6-3-2-5-13(14)16(19)17-8-10-18(11-9-17)24(20,21)15-7-4-12-23-15/h2-7,12H,8-11H2,1H3. The minimum absolute atomic E-state index is 0.0341. The lowest BCUT2D eigenvalue weighted by molar-refractivity contribution is 0.0694. The van der Waals surface area contributed by atoms with Crippen LogP contribution in [0.5, 0.6) is 0 Å². The van der Waals surface area contributed by atoms with Crippen molar-refractivity contribution >= 4 is 39.0 Å². The molecule has 3 rings (SSSR count). The van der Waals surface area contributed by atoms with Crippen molar-refractivity contribution in [3.8, 4) is 0 Å². The van der Waals surface area contributed by atoms with Gasteiger partial charge < -0.3 is 4.90 Å². The van der Waals surface area contributed by atoms with Gasteiger partial charge in [0.2, 0.25) is 0 Å². The average molecular weight is 383 g/mol. The third-order valence-corrected chi connectivity index (χ3v) is 8.02. The van der Waals surface area contributed by atoms with Crippen molar-refractivity contribution in [3.63, 3.8) is 0 Å². The minimum atomic E-state index is -3.44. The zero-order valence-electron chi connectivity index (χ0n) is 13.2. The minimum Gasteiger partial charge on any atom is -0.336 e. The Bertz CT molecular complexity index is 811. The van der Waals surface area contributed by atoms with Gasteiger partial charge >= 0.3 is 0 Å². The van der Waals surface area contributed by atoms with Crippen LogP contribution >= 0.6 is 23.1 Å². The highest BCUT2D eigenvalue weighted by Gasteiger charge is 2.31.